The molecule has 5 nitrogen and oxygen atoms in total. The molecular formula is C10H20N2O3S. The van der Waals surface area contributed by atoms with Gasteiger partial charge >= 0.3 is 0 Å². The van der Waals surface area contributed by atoms with Crippen LogP contribution in [-0.2, 0) is 14.8 Å². The maximum absolute atomic E-state index is 11.5. The van der Waals surface area contributed by atoms with Crippen molar-refractivity contribution in [2.24, 2.45) is 11.8 Å². The number of ether oxygens (including phenoxy) is 1. The molecular weight excluding hydrogens is 228 g/mol. The van der Waals surface area contributed by atoms with Crippen LogP contribution in [-0.4, -0.2) is 47.0 Å². The molecule has 0 saturated carbocycles. The molecule has 0 spiro atoms. The van der Waals surface area contributed by atoms with Gasteiger partial charge in [-0.2, -0.15) is 0 Å². The Bertz CT molecular complexity index is 325. The van der Waals surface area contributed by atoms with Crippen LogP contribution in [0, 0.1) is 11.8 Å². The molecule has 2 aliphatic heterocycles. The van der Waals surface area contributed by atoms with Gasteiger partial charge in [-0.25, -0.2) is 13.1 Å². The Morgan fingerprint density at radius 1 is 1.44 bits per heavy atom. The van der Waals surface area contributed by atoms with Crippen molar-refractivity contribution in [3.63, 3.8) is 0 Å². The Labute approximate surface area is 97.0 Å². The third-order valence-electron chi connectivity index (χ3n) is 3.58. The van der Waals surface area contributed by atoms with Crippen LogP contribution < -0.4 is 10.0 Å². The van der Waals surface area contributed by atoms with Crippen molar-refractivity contribution < 1.29 is 13.2 Å². The standard InChI is InChI=1S/C10H20N2O3S/c1-11-16(13,14)7-8-5-12-6-9(8)10-3-2-4-15-10/h8-12H,2-7H2,1H3. The fourth-order valence-corrected chi connectivity index (χ4v) is 3.77. The van der Waals surface area contributed by atoms with Crippen molar-refractivity contribution in [2.45, 2.75) is 18.9 Å². The Morgan fingerprint density at radius 2 is 2.25 bits per heavy atom. The monoisotopic (exact) mass is 248 g/mol. The Kier molecular flexibility index (Phi) is 3.84. The summed E-state index contributed by atoms with van der Waals surface area (Å²) < 4.78 is 31.1. The molecule has 0 aromatic rings. The van der Waals surface area contributed by atoms with E-state index in [1.54, 1.807) is 0 Å². The highest BCUT2D eigenvalue weighted by Gasteiger charge is 2.37. The molecule has 2 heterocycles. The molecule has 0 radical (unpaired) electrons. The topological polar surface area (TPSA) is 67.4 Å². The van der Waals surface area contributed by atoms with Gasteiger partial charge in [0.25, 0.3) is 0 Å². The molecule has 2 fully saturated rings. The van der Waals surface area contributed by atoms with E-state index in [1.165, 1.54) is 7.05 Å². The second-order valence-corrected chi connectivity index (χ2v) is 6.59. The van der Waals surface area contributed by atoms with E-state index in [2.05, 4.69) is 10.0 Å². The van der Waals surface area contributed by atoms with Crippen molar-refractivity contribution in [1.29, 1.82) is 0 Å². The van der Waals surface area contributed by atoms with E-state index < -0.39 is 10.0 Å². The summed E-state index contributed by atoms with van der Waals surface area (Å²) in [6, 6.07) is 0. The van der Waals surface area contributed by atoms with Crippen molar-refractivity contribution >= 4 is 10.0 Å². The summed E-state index contributed by atoms with van der Waals surface area (Å²) in [4.78, 5) is 0. The fraction of sp³-hybridized carbons (Fsp3) is 1.00. The third kappa shape index (κ3) is 2.74. The van der Waals surface area contributed by atoms with Gasteiger partial charge in [0.1, 0.15) is 0 Å². The number of hydrogen-bond acceptors (Lipinski definition) is 4. The molecule has 0 aromatic carbocycles. The lowest BCUT2D eigenvalue weighted by Crippen LogP contribution is -2.34. The smallest absolute Gasteiger partial charge is 0.211 e. The summed E-state index contributed by atoms with van der Waals surface area (Å²) in [5.74, 6) is 0.743. The Balaban J connectivity index is 1.97. The van der Waals surface area contributed by atoms with Crippen molar-refractivity contribution in [1.82, 2.24) is 10.0 Å². The predicted octanol–water partition coefficient (Wildman–Crippen LogP) is -0.450. The van der Waals surface area contributed by atoms with Gasteiger partial charge in [-0.15, -0.1) is 0 Å². The SMILES string of the molecule is CNS(=O)(=O)CC1CNCC1C1CCCO1. The van der Waals surface area contributed by atoms with Crippen LogP contribution in [0.15, 0.2) is 0 Å². The van der Waals surface area contributed by atoms with E-state index >= 15 is 0 Å². The van der Waals surface area contributed by atoms with E-state index in [9.17, 15) is 8.42 Å². The first-order chi connectivity index (χ1) is 7.62. The van der Waals surface area contributed by atoms with Crippen LogP contribution in [0.2, 0.25) is 0 Å². The highest BCUT2D eigenvalue weighted by Crippen LogP contribution is 2.29. The predicted molar refractivity (Wildman–Crippen MR) is 61.7 cm³/mol. The third-order valence-corrected chi connectivity index (χ3v) is 5.07. The zero-order valence-corrected chi connectivity index (χ0v) is 10.4. The zero-order valence-electron chi connectivity index (χ0n) is 9.61. The van der Waals surface area contributed by atoms with Gasteiger partial charge in [-0.3, -0.25) is 0 Å². The lowest BCUT2D eigenvalue weighted by Gasteiger charge is -2.23. The minimum absolute atomic E-state index is 0.181. The maximum Gasteiger partial charge on any atom is 0.211 e. The molecule has 0 amide bonds. The largest absolute Gasteiger partial charge is 0.378 e. The molecule has 0 aliphatic carbocycles. The highest BCUT2D eigenvalue weighted by atomic mass is 32.2. The number of hydrogen-bond donors (Lipinski definition) is 2. The lowest BCUT2D eigenvalue weighted by molar-refractivity contribution is 0.0570. The highest BCUT2D eigenvalue weighted by molar-refractivity contribution is 7.89. The lowest BCUT2D eigenvalue weighted by atomic mass is 9.91. The van der Waals surface area contributed by atoms with Gasteiger partial charge < -0.3 is 10.1 Å². The van der Waals surface area contributed by atoms with Gasteiger partial charge in [-0.1, -0.05) is 0 Å². The molecule has 2 rings (SSSR count). The van der Waals surface area contributed by atoms with Crippen LogP contribution in [0.1, 0.15) is 12.8 Å². The van der Waals surface area contributed by atoms with Gasteiger partial charge in [0.15, 0.2) is 0 Å². The average Bonchev–Trinajstić information content (AvgIpc) is 2.86. The summed E-state index contributed by atoms with van der Waals surface area (Å²) in [7, 11) is -1.64. The van der Waals surface area contributed by atoms with Crippen LogP contribution >= 0.6 is 0 Å². The summed E-state index contributed by atoms with van der Waals surface area (Å²) in [6.07, 6.45) is 2.43. The van der Waals surface area contributed by atoms with Gasteiger partial charge in [0.2, 0.25) is 10.0 Å². The molecule has 94 valence electrons. The Morgan fingerprint density at radius 3 is 2.88 bits per heavy atom. The first-order valence-electron chi connectivity index (χ1n) is 5.86. The number of rotatable bonds is 4. The average molecular weight is 248 g/mol. The van der Waals surface area contributed by atoms with E-state index in [0.717, 1.165) is 32.5 Å². The van der Waals surface area contributed by atoms with E-state index in [0.29, 0.717) is 5.92 Å². The van der Waals surface area contributed by atoms with Gasteiger partial charge in [0.05, 0.1) is 11.9 Å². The second kappa shape index (κ2) is 5.00. The summed E-state index contributed by atoms with van der Waals surface area (Å²) >= 11 is 0. The molecule has 0 aromatic heterocycles. The van der Waals surface area contributed by atoms with Gasteiger partial charge in [0, 0.05) is 19.1 Å². The number of sulfonamides is 1. The van der Waals surface area contributed by atoms with Crippen LogP contribution in [0.3, 0.4) is 0 Å². The molecule has 2 saturated heterocycles. The van der Waals surface area contributed by atoms with E-state index in [4.69, 9.17) is 4.74 Å². The van der Waals surface area contributed by atoms with Crippen LogP contribution in [0.25, 0.3) is 0 Å². The van der Waals surface area contributed by atoms with E-state index in [1.807, 2.05) is 0 Å². The first kappa shape index (κ1) is 12.3. The molecule has 2 N–H and O–H groups in total. The zero-order chi connectivity index (χ0) is 11.6. The van der Waals surface area contributed by atoms with Crippen molar-refractivity contribution in [3.05, 3.63) is 0 Å². The van der Waals surface area contributed by atoms with E-state index in [-0.39, 0.29) is 17.8 Å². The molecule has 3 unspecified atom stereocenters. The molecule has 2 aliphatic rings. The molecule has 16 heavy (non-hydrogen) atoms. The normalized spacial score (nSPS) is 35.7. The number of nitrogens with one attached hydrogen (secondary N) is 2. The molecule has 3 atom stereocenters. The Hall–Kier alpha value is -0.170. The fourth-order valence-electron chi connectivity index (χ4n) is 2.68. The van der Waals surface area contributed by atoms with Crippen LogP contribution in [0.5, 0.6) is 0 Å². The van der Waals surface area contributed by atoms with Gasteiger partial charge in [-0.05, 0) is 32.4 Å². The molecule has 0 bridgehead atoms. The molecule has 6 heteroatoms. The summed E-state index contributed by atoms with van der Waals surface area (Å²) in [5.41, 5.74) is 0. The summed E-state index contributed by atoms with van der Waals surface area (Å²) in [6.45, 7) is 2.49. The quantitative estimate of drug-likeness (QED) is 0.707. The minimum atomic E-state index is -3.11. The second-order valence-electron chi connectivity index (χ2n) is 4.62. The maximum atomic E-state index is 11.5. The minimum Gasteiger partial charge on any atom is -0.378 e. The first-order valence-corrected chi connectivity index (χ1v) is 7.51. The van der Waals surface area contributed by atoms with Crippen LogP contribution in [0.4, 0.5) is 0 Å². The van der Waals surface area contributed by atoms with Crippen molar-refractivity contribution in [3.8, 4) is 0 Å². The summed E-state index contributed by atoms with van der Waals surface area (Å²) in [5, 5.41) is 3.27. The van der Waals surface area contributed by atoms with Crippen molar-refractivity contribution in [2.75, 3.05) is 32.5 Å².